The van der Waals surface area contributed by atoms with E-state index in [1.54, 1.807) is 7.11 Å². The zero-order valence-electron chi connectivity index (χ0n) is 12.7. The Kier molecular flexibility index (Phi) is 3.84. The minimum Gasteiger partial charge on any atom is -0.497 e. The number of benzene rings is 2. The van der Waals surface area contributed by atoms with E-state index in [-0.39, 0.29) is 0 Å². The molecule has 0 bridgehead atoms. The fourth-order valence-corrected chi connectivity index (χ4v) is 3.05. The van der Waals surface area contributed by atoms with Crippen molar-refractivity contribution in [1.82, 2.24) is 4.90 Å². The van der Waals surface area contributed by atoms with Gasteiger partial charge < -0.3 is 10.5 Å². The molecule has 0 aliphatic carbocycles. The third kappa shape index (κ3) is 2.74. The molecule has 2 N–H and O–H groups in total. The first kappa shape index (κ1) is 14.0. The fourth-order valence-electron chi connectivity index (χ4n) is 3.05. The summed E-state index contributed by atoms with van der Waals surface area (Å²) in [7, 11) is 1.70. The molecule has 1 aliphatic rings. The lowest BCUT2D eigenvalue weighted by molar-refractivity contribution is 0.192. The van der Waals surface area contributed by atoms with Gasteiger partial charge in [-0.25, -0.2) is 0 Å². The van der Waals surface area contributed by atoms with Gasteiger partial charge in [0.1, 0.15) is 5.75 Å². The molecule has 0 amide bonds. The quantitative estimate of drug-likeness (QED) is 0.877. The van der Waals surface area contributed by atoms with Gasteiger partial charge in [-0.3, -0.25) is 4.90 Å². The van der Waals surface area contributed by atoms with Gasteiger partial charge >= 0.3 is 0 Å². The molecule has 0 spiro atoms. The monoisotopic (exact) mass is 282 g/mol. The van der Waals surface area contributed by atoms with Gasteiger partial charge in [-0.15, -0.1) is 0 Å². The van der Waals surface area contributed by atoms with Crippen molar-refractivity contribution >= 4 is 5.69 Å². The molecular weight excluding hydrogens is 260 g/mol. The molecule has 3 nitrogen and oxygen atoms in total. The van der Waals surface area contributed by atoms with Crippen LogP contribution in [0.4, 0.5) is 5.69 Å². The molecule has 0 fully saturated rings. The number of nitrogen functional groups attached to an aromatic ring is 1. The number of nitrogens with two attached hydrogens (primary N) is 1. The van der Waals surface area contributed by atoms with Crippen LogP contribution in [0.1, 0.15) is 29.7 Å². The number of nitrogens with zero attached hydrogens (tertiary/aromatic N) is 1. The van der Waals surface area contributed by atoms with Crippen molar-refractivity contribution in [2.45, 2.75) is 25.9 Å². The van der Waals surface area contributed by atoms with Crippen LogP contribution in [0.25, 0.3) is 0 Å². The molecule has 1 aliphatic heterocycles. The second-order valence-electron chi connectivity index (χ2n) is 5.65. The third-order valence-corrected chi connectivity index (χ3v) is 4.48. The smallest absolute Gasteiger partial charge is 0.118 e. The number of hydrogen-bond acceptors (Lipinski definition) is 3. The van der Waals surface area contributed by atoms with Gasteiger partial charge in [-0.2, -0.15) is 0 Å². The first-order chi connectivity index (χ1) is 10.2. The van der Waals surface area contributed by atoms with E-state index in [9.17, 15) is 0 Å². The van der Waals surface area contributed by atoms with E-state index in [1.807, 2.05) is 18.2 Å². The molecule has 3 heteroatoms. The second kappa shape index (κ2) is 5.78. The van der Waals surface area contributed by atoms with Crippen molar-refractivity contribution < 1.29 is 4.74 Å². The van der Waals surface area contributed by atoms with Gasteiger partial charge in [0.2, 0.25) is 0 Å². The van der Waals surface area contributed by atoms with Crippen LogP contribution >= 0.6 is 0 Å². The van der Waals surface area contributed by atoms with E-state index in [4.69, 9.17) is 10.5 Å². The predicted octanol–water partition coefficient (Wildman–Crippen LogP) is 3.40. The topological polar surface area (TPSA) is 38.5 Å². The maximum Gasteiger partial charge on any atom is 0.118 e. The van der Waals surface area contributed by atoms with E-state index in [2.05, 4.69) is 36.1 Å². The van der Waals surface area contributed by atoms with Crippen LogP contribution < -0.4 is 10.5 Å². The molecule has 0 aromatic heterocycles. The lowest BCUT2D eigenvalue weighted by Crippen LogP contribution is -2.33. The van der Waals surface area contributed by atoms with Crippen molar-refractivity contribution in [2.75, 3.05) is 19.4 Å². The molecule has 1 unspecified atom stereocenters. The van der Waals surface area contributed by atoms with Crippen molar-refractivity contribution in [2.24, 2.45) is 0 Å². The number of anilines is 1. The number of ether oxygens (including phenoxy) is 1. The number of methoxy groups -OCH3 is 1. The number of rotatable bonds is 3. The zero-order chi connectivity index (χ0) is 14.8. The lowest BCUT2D eigenvalue weighted by Gasteiger charge is -2.34. The van der Waals surface area contributed by atoms with Crippen molar-refractivity contribution in [3.63, 3.8) is 0 Å². The van der Waals surface area contributed by atoms with Gasteiger partial charge in [0.05, 0.1) is 7.11 Å². The second-order valence-corrected chi connectivity index (χ2v) is 5.65. The molecule has 0 radical (unpaired) electrons. The van der Waals surface area contributed by atoms with E-state index < -0.39 is 0 Å². The Balaban J connectivity index is 1.80. The Labute approximate surface area is 126 Å². The summed E-state index contributed by atoms with van der Waals surface area (Å²) in [6.45, 7) is 4.25. The minimum atomic E-state index is 0.378. The third-order valence-electron chi connectivity index (χ3n) is 4.48. The molecule has 1 heterocycles. The van der Waals surface area contributed by atoms with Crippen LogP contribution in [0.3, 0.4) is 0 Å². The van der Waals surface area contributed by atoms with Crippen molar-refractivity contribution in [1.29, 1.82) is 0 Å². The average Bonchev–Trinajstić information content (AvgIpc) is 2.54. The summed E-state index contributed by atoms with van der Waals surface area (Å²) < 4.78 is 5.23. The highest BCUT2D eigenvalue weighted by Crippen LogP contribution is 2.30. The summed E-state index contributed by atoms with van der Waals surface area (Å²) in [5.41, 5.74) is 11.1. The van der Waals surface area contributed by atoms with E-state index in [0.29, 0.717) is 6.04 Å². The first-order valence-corrected chi connectivity index (χ1v) is 7.43. The van der Waals surface area contributed by atoms with Crippen molar-refractivity contribution in [3.8, 4) is 5.75 Å². The number of fused-ring (bicyclic) bond motifs is 1. The van der Waals surface area contributed by atoms with E-state index in [0.717, 1.165) is 30.9 Å². The van der Waals surface area contributed by atoms with Gasteiger partial charge in [0, 0.05) is 24.8 Å². The molecule has 1 atom stereocenters. The molecule has 0 saturated heterocycles. The molecule has 0 saturated carbocycles. The highest BCUT2D eigenvalue weighted by molar-refractivity contribution is 5.51. The van der Waals surface area contributed by atoms with Crippen molar-refractivity contribution in [3.05, 3.63) is 59.2 Å². The molecule has 2 aromatic carbocycles. The summed E-state index contributed by atoms with van der Waals surface area (Å²) in [5, 5.41) is 0. The fraction of sp³-hybridized carbons (Fsp3) is 0.333. The molecule has 3 rings (SSSR count). The molecular formula is C18H22N2O. The average molecular weight is 282 g/mol. The molecule has 21 heavy (non-hydrogen) atoms. The first-order valence-electron chi connectivity index (χ1n) is 7.43. The highest BCUT2D eigenvalue weighted by Gasteiger charge is 2.22. The number of hydrogen-bond donors (Lipinski definition) is 1. The Bertz CT molecular complexity index is 622. The Morgan fingerprint density at radius 2 is 1.90 bits per heavy atom. The Hall–Kier alpha value is -2.00. The zero-order valence-corrected chi connectivity index (χ0v) is 12.7. The minimum absolute atomic E-state index is 0.378. The Morgan fingerprint density at radius 1 is 1.14 bits per heavy atom. The maximum absolute atomic E-state index is 6.14. The van der Waals surface area contributed by atoms with Gasteiger partial charge in [-0.1, -0.05) is 24.3 Å². The summed E-state index contributed by atoms with van der Waals surface area (Å²) >= 11 is 0. The van der Waals surface area contributed by atoms with Crippen LogP contribution in [-0.4, -0.2) is 18.6 Å². The highest BCUT2D eigenvalue weighted by atomic mass is 16.5. The lowest BCUT2D eigenvalue weighted by atomic mass is 9.95. The summed E-state index contributed by atoms with van der Waals surface area (Å²) in [6, 6.07) is 15.0. The van der Waals surface area contributed by atoms with Crippen LogP contribution in [0.15, 0.2) is 42.5 Å². The largest absolute Gasteiger partial charge is 0.497 e. The van der Waals surface area contributed by atoms with E-state index in [1.165, 1.54) is 16.7 Å². The van der Waals surface area contributed by atoms with Crippen LogP contribution in [0.2, 0.25) is 0 Å². The summed E-state index contributed by atoms with van der Waals surface area (Å²) in [5.74, 6) is 0.902. The van der Waals surface area contributed by atoms with Gasteiger partial charge in [-0.05, 0) is 48.2 Å². The van der Waals surface area contributed by atoms with Crippen LogP contribution in [0, 0.1) is 0 Å². The standard InChI is InChI=1S/C18H22N2O/c1-13(14-6-8-16(21-2)9-7-14)20-11-10-15-4-3-5-18(19)17(15)12-20/h3-9,13H,10-12,19H2,1-2H3. The maximum atomic E-state index is 6.14. The normalized spacial score (nSPS) is 16.3. The van der Waals surface area contributed by atoms with Crippen LogP contribution in [-0.2, 0) is 13.0 Å². The van der Waals surface area contributed by atoms with Crippen LogP contribution in [0.5, 0.6) is 5.75 Å². The predicted molar refractivity (Wildman–Crippen MR) is 86.4 cm³/mol. The molecule has 2 aromatic rings. The summed E-state index contributed by atoms with van der Waals surface area (Å²) in [6.07, 6.45) is 1.07. The summed E-state index contributed by atoms with van der Waals surface area (Å²) in [4.78, 5) is 2.49. The SMILES string of the molecule is COc1ccc(C(C)N2CCc3cccc(N)c3C2)cc1. The van der Waals surface area contributed by atoms with Gasteiger partial charge in [0.15, 0.2) is 0 Å². The Morgan fingerprint density at radius 3 is 2.62 bits per heavy atom. The van der Waals surface area contributed by atoms with Gasteiger partial charge in [0.25, 0.3) is 0 Å². The molecule has 110 valence electrons. The van der Waals surface area contributed by atoms with E-state index >= 15 is 0 Å².